The van der Waals surface area contributed by atoms with Crippen molar-refractivity contribution in [3.8, 4) is 11.1 Å². The highest BCUT2D eigenvalue weighted by Gasteiger charge is 2.22. The average Bonchev–Trinajstić information content (AvgIpc) is 3.47. The van der Waals surface area contributed by atoms with Crippen LogP contribution in [0.4, 0.5) is 5.82 Å². The monoisotopic (exact) mass is 407 g/mol. The summed E-state index contributed by atoms with van der Waals surface area (Å²) in [5.41, 5.74) is 1.83. The number of nitrogens with zero attached hydrogens (tertiary/aromatic N) is 4. The van der Waals surface area contributed by atoms with Gasteiger partial charge in [-0.1, -0.05) is 31.2 Å². The molecule has 0 radical (unpaired) electrons. The third kappa shape index (κ3) is 4.79. The van der Waals surface area contributed by atoms with Gasteiger partial charge in [0.1, 0.15) is 18.6 Å². The van der Waals surface area contributed by atoms with Crippen molar-refractivity contribution in [2.45, 2.75) is 39.0 Å². The molecule has 2 aromatic rings. The summed E-state index contributed by atoms with van der Waals surface area (Å²) >= 11 is 0. The molecule has 1 saturated heterocycles. The summed E-state index contributed by atoms with van der Waals surface area (Å²) in [4.78, 5) is 18.6. The molecule has 7 nitrogen and oxygen atoms in total. The molecule has 3 heterocycles. The molecule has 0 aromatic carbocycles. The van der Waals surface area contributed by atoms with Gasteiger partial charge in [-0.25, -0.2) is 4.98 Å². The number of hydrogen-bond donors (Lipinski definition) is 2. The van der Waals surface area contributed by atoms with E-state index < -0.39 is 6.23 Å². The largest absolute Gasteiger partial charge is 0.373 e. The molecule has 2 aliphatic rings. The van der Waals surface area contributed by atoms with E-state index in [1.54, 1.807) is 17.1 Å². The normalized spacial score (nSPS) is 20.3. The van der Waals surface area contributed by atoms with Gasteiger partial charge >= 0.3 is 0 Å². The van der Waals surface area contributed by atoms with E-state index >= 15 is 0 Å². The van der Waals surface area contributed by atoms with E-state index in [0.29, 0.717) is 11.7 Å². The lowest BCUT2D eigenvalue weighted by atomic mass is 9.87. The van der Waals surface area contributed by atoms with Gasteiger partial charge in [0.15, 0.2) is 0 Å². The van der Waals surface area contributed by atoms with Gasteiger partial charge in [-0.15, -0.1) is 0 Å². The molecule has 1 aliphatic heterocycles. The number of allylic oxidation sites excluding steroid dienone is 4. The Balaban J connectivity index is 1.34. The lowest BCUT2D eigenvalue weighted by Gasteiger charge is -2.27. The lowest BCUT2D eigenvalue weighted by Crippen LogP contribution is -2.32. The van der Waals surface area contributed by atoms with Crippen LogP contribution in [0.25, 0.3) is 11.1 Å². The molecular formula is C23H29N5O2. The fraction of sp³-hybridized carbons (Fsp3) is 0.435. The first kappa shape index (κ1) is 20.3. The number of aliphatic hydroxyl groups is 1. The minimum Gasteiger partial charge on any atom is -0.373 e. The molecule has 1 aliphatic carbocycles. The number of anilines is 1. The highest BCUT2D eigenvalue weighted by molar-refractivity contribution is 5.76. The highest BCUT2D eigenvalue weighted by atomic mass is 16.3. The van der Waals surface area contributed by atoms with Gasteiger partial charge in [-0.3, -0.25) is 9.48 Å². The Morgan fingerprint density at radius 3 is 2.77 bits per heavy atom. The Bertz CT molecular complexity index is 912. The molecule has 2 N–H and O–H groups in total. The lowest BCUT2D eigenvalue weighted by molar-refractivity contribution is -0.130. The minimum atomic E-state index is -0.677. The number of amides is 1. The number of aliphatic hydroxyl groups excluding tert-OH is 1. The number of aromatic nitrogens is 3. The van der Waals surface area contributed by atoms with Crippen molar-refractivity contribution in [2.75, 3.05) is 18.4 Å². The third-order valence-corrected chi connectivity index (χ3v) is 5.97. The Kier molecular flexibility index (Phi) is 6.28. The van der Waals surface area contributed by atoms with Gasteiger partial charge in [0.2, 0.25) is 5.91 Å². The maximum Gasteiger partial charge on any atom is 0.244 e. The van der Waals surface area contributed by atoms with Crippen LogP contribution in [0.2, 0.25) is 0 Å². The summed E-state index contributed by atoms with van der Waals surface area (Å²) in [5.74, 6) is 1.13. The molecule has 2 aromatic heterocycles. The molecule has 1 amide bonds. The van der Waals surface area contributed by atoms with Crippen LogP contribution in [0, 0.1) is 11.8 Å². The number of carbonyl (C=O) groups excluding carboxylic acids is 1. The molecule has 0 saturated carbocycles. The maximum absolute atomic E-state index is 12.3. The Hall–Kier alpha value is -2.93. The van der Waals surface area contributed by atoms with E-state index in [1.165, 1.54) is 0 Å². The predicted molar refractivity (Wildman–Crippen MR) is 116 cm³/mol. The molecular weight excluding hydrogens is 378 g/mol. The van der Waals surface area contributed by atoms with Crippen LogP contribution < -0.4 is 5.32 Å². The summed E-state index contributed by atoms with van der Waals surface area (Å²) in [6.07, 6.45) is 16.1. The smallest absolute Gasteiger partial charge is 0.244 e. The van der Waals surface area contributed by atoms with E-state index in [9.17, 15) is 9.90 Å². The third-order valence-electron chi connectivity index (χ3n) is 5.97. The quantitative estimate of drug-likeness (QED) is 0.689. The molecule has 2 unspecified atom stereocenters. The standard InChI is InChI=1S/C23H29N5O2/c1-17(18-7-3-2-4-8-18)23(30)26-21-10-9-19(13-24-21)20-14-25-28(15-20)16-22(29)27-11-5-6-12-27/h2-4,7,9-10,13-15,17-18,23,30H,5-6,8,11-12,16H2,1H3,(H,24,26)/t17-,18?,23?/m0/s1. The molecule has 158 valence electrons. The van der Waals surface area contributed by atoms with Crippen molar-refractivity contribution in [3.63, 3.8) is 0 Å². The summed E-state index contributed by atoms with van der Waals surface area (Å²) in [5, 5.41) is 17.9. The number of nitrogens with one attached hydrogen (secondary N) is 1. The van der Waals surface area contributed by atoms with Crippen molar-refractivity contribution in [1.82, 2.24) is 19.7 Å². The van der Waals surface area contributed by atoms with Crippen molar-refractivity contribution in [1.29, 1.82) is 0 Å². The average molecular weight is 408 g/mol. The first-order valence-electron chi connectivity index (χ1n) is 10.6. The van der Waals surface area contributed by atoms with Gasteiger partial charge in [-0.05, 0) is 37.3 Å². The van der Waals surface area contributed by atoms with Gasteiger partial charge in [-0.2, -0.15) is 5.10 Å². The van der Waals surface area contributed by atoms with Gasteiger partial charge in [0, 0.05) is 42.5 Å². The van der Waals surface area contributed by atoms with Crippen LogP contribution in [0.15, 0.2) is 55.0 Å². The van der Waals surface area contributed by atoms with Crippen LogP contribution in [0.5, 0.6) is 0 Å². The summed E-state index contributed by atoms with van der Waals surface area (Å²) < 4.78 is 1.68. The second-order valence-electron chi connectivity index (χ2n) is 8.11. The summed E-state index contributed by atoms with van der Waals surface area (Å²) in [7, 11) is 0. The van der Waals surface area contributed by atoms with E-state index in [0.717, 1.165) is 43.5 Å². The topological polar surface area (TPSA) is 83.3 Å². The SMILES string of the molecule is C[C@@H](C1C=CC=CC1)C(O)Nc1ccc(-c2cnn(CC(=O)N3CCCC3)c2)cn1. The molecule has 4 rings (SSSR count). The minimum absolute atomic E-state index is 0.0686. The van der Waals surface area contributed by atoms with E-state index in [-0.39, 0.29) is 18.4 Å². The zero-order valence-electron chi connectivity index (χ0n) is 17.3. The first-order valence-corrected chi connectivity index (χ1v) is 10.6. The van der Waals surface area contributed by atoms with Crippen molar-refractivity contribution in [2.24, 2.45) is 11.8 Å². The van der Waals surface area contributed by atoms with Crippen LogP contribution >= 0.6 is 0 Å². The molecule has 0 bridgehead atoms. The molecule has 1 fully saturated rings. The van der Waals surface area contributed by atoms with Gasteiger partial charge in [0.25, 0.3) is 0 Å². The fourth-order valence-electron chi connectivity index (χ4n) is 3.96. The van der Waals surface area contributed by atoms with Crippen molar-refractivity contribution in [3.05, 3.63) is 55.0 Å². The van der Waals surface area contributed by atoms with Gasteiger partial charge < -0.3 is 15.3 Å². The Morgan fingerprint density at radius 2 is 2.07 bits per heavy atom. The zero-order chi connectivity index (χ0) is 20.9. The van der Waals surface area contributed by atoms with Crippen LogP contribution in [0.1, 0.15) is 26.2 Å². The molecule has 0 spiro atoms. The van der Waals surface area contributed by atoms with Crippen LogP contribution in [-0.2, 0) is 11.3 Å². The molecule has 30 heavy (non-hydrogen) atoms. The first-order chi connectivity index (χ1) is 14.6. The van der Waals surface area contributed by atoms with E-state index in [1.807, 2.05) is 42.3 Å². The van der Waals surface area contributed by atoms with Gasteiger partial charge in [0.05, 0.1) is 6.20 Å². The number of carbonyl (C=O) groups is 1. The second-order valence-corrected chi connectivity index (χ2v) is 8.11. The predicted octanol–water partition coefficient (Wildman–Crippen LogP) is 3.07. The fourth-order valence-corrected chi connectivity index (χ4v) is 3.96. The van der Waals surface area contributed by atoms with Crippen molar-refractivity contribution < 1.29 is 9.90 Å². The Labute approximate surface area is 177 Å². The van der Waals surface area contributed by atoms with E-state index in [2.05, 4.69) is 27.6 Å². The summed E-state index contributed by atoms with van der Waals surface area (Å²) in [6.45, 7) is 4.01. The zero-order valence-corrected chi connectivity index (χ0v) is 17.3. The number of rotatable bonds is 7. The molecule has 7 heteroatoms. The molecule has 3 atom stereocenters. The van der Waals surface area contributed by atoms with E-state index in [4.69, 9.17) is 0 Å². The summed E-state index contributed by atoms with van der Waals surface area (Å²) in [6, 6.07) is 3.80. The number of likely N-dealkylation sites (tertiary alicyclic amines) is 1. The maximum atomic E-state index is 12.3. The number of hydrogen-bond acceptors (Lipinski definition) is 5. The van der Waals surface area contributed by atoms with Crippen LogP contribution in [-0.4, -0.2) is 50.0 Å². The van der Waals surface area contributed by atoms with Crippen molar-refractivity contribution >= 4 is 11.7 Å². The number of pyridine rings is 1. The van der Waals surface area contributed by atoms with Crippen LogP contribution in [0.3, 0.4) is 0 Å². The Morgan fingerprint density at radius 1 is 1.23 bits per heavy atom. The second kappa shape index (κ2) is 9.26. The highest BCUT2D eigenvalue weighted by Crippen LogP contribution is 2.25.